The summed E-state index contributed by atoms with van der Waals surface area (Å²) in [5.41, 5.74) is 0. The highest BCUT2D eigenvalue weighted by Crippen LogP contribution is 2.25. The summed E-state index contributed by atoms with van der Waals surface area (Å²) in [6.07, 6.45) is 3.28. The summed E-state index contributed by atoms with van der Waals surface area (Å²) in [5.74, 6) is 0. The maximum atomic E-state index is 9.85. The van der Waals surface area contributed by atoms with Gasteiger partial charge < -0.3 is 5.11 Å². The molecule has 0 bridgehead atoms. The van der Waals surface area contributed by atoms with Crippen molar-refractivity contribution in [1.82, 2.24) is 9.80 Å². The first kappa shape index (κ1) is 11.7. The molecule has 0 spiro atoms. The quantitative estimate of drug-likeness (QED) is 0.687. The normalized spacial score (nSPS) is 37.0. The number of hydrogen-bond donors (Lipinski definition) is 2. The zero-order valence-electron chi connectivity index (χ0n) is 9.47. The summed E-state index contributed by atoms with van der Waals surface area (Å²) in [7, 11) is 0. The van der Waals surface area contributed by atoms with Gasteiger partial charge in [0.15, 0.2) is 0 Å². The van der Waals surface area contributed by atoms with Gasteiger partial charge in [-0.2, -0.15) is 12.6 Å². The van der Waals surface area contributed by atoms with Crippen molar-refractivity contribution in [2.75, 3.05) is 26.2 Å². The van der Waals surface area contributed by atoms with Gasteiger partial charge in [0.1, 0.15) is 0 Å². The molecule has 3 unspecified atom stereocenters. The zero-order valence-corrected chi connectivity index (χ0v) is 10.4. The maximum absolute atomic E-state index is 9.85. The predicted molar refractivity (Wildman–Crippen MR) is 65.2 cm³/mol. The van der Waals surface area contributed by atoms with E-state index in [0.717, 1.165) is 32.6 Å². The summed E-state index contributed by atoms with van der Waals surface area (Å²) in [5, 5.41) is 10.2. The third-order valence-corrected chi connectivity index (χ3v) is 4.12. The molecule has 1 heterocycles. The summed E-state index contributed by atoms with van der Waals surface area (Å²) in [4.78, 5) is 4.85. The largest absolute Gasteiger partial charge is 0.391 e. The SMILES string of the molecule is CC(S)N1CCN(C2CCCC2O)CC1. The Kier molecular flexibility index (Phi) is 3.93. The van der Waals surface area contributed by atoms with Crippen LogP contribution >= 0.6 is 12.6 Å². The number of nitrogens with zero attached hydrogens (tertiary/aromatic N) is 2. The molecular weight excluding hydrogens is 208 g/mol. The van der Waals surface area contributed by atoms with Crippen molar-refractivity contribution in [2.45, 2.75) is 43.7 Å². The first-order valence-corrected chi connectivity index (χ1v) is 6.54. The van der Waals surface area contributed by atoms with Gasteiger partial charge in [-0.1, -0.05) is 0 Å². The molecule has 3 atom stereocenters. The van der Waals surface area contributed by atoms with E-state index < -0.39 is 0 Å². The Morgan fingerprint density at radius 2 is 1.87 bits per heavy atom. The molecule has 88 valence electrons. The molecule has 3 nitrogen and oxygen atoms in total. The molecule has 1 N–H and O–H groups in total. The van der Waals surface area contributed by atoms with Crippen LogP contribution in [0.1, 0.15) is 26.2 Å². The smallest absolute Gasteiger partial charge is 0.0695 e. The fourth-order valence-electron chi connectivity index (χ4n) is 2.79. The van der Waals surface area contributed by atoms with E-state index in [1.807, 2.05) is 0 Å². The summed E-state index contributed by atoms with van der Waals surface area (Å²) < 4.78 is 0. The van der Waals surface area contributed by atoms with Gasteiger partial charge >= 0.3 is 0 Å². The van der Waals surface area contributed by atoms with E-state index >= 15 is 0 Å². The third kappa shape index (κ3) is 2.67. The van der Waals surface area contributed by atoms with E-state index in [2.05, 4.69) is 29.4 Å². The number of aliphatic hydroxyl groups excluding tert-OH is 1. The predicted octanol–water partition coefficient (Wildman–Crippen LogP) is 0.793. The van der Waals surface area contributed by atoms with Crippen molar-refractivity contribution < 1.29 is 5.11 Å². The lowest BCUT2D eigenvalue weighted by Gasteiger charge is -2.40. The molecule has 1 saturated heterocycles. The second-order valence-corrected chi connectivity index (χ2v) is 5.52. The zero-order chi connectivity index (χ0) is 10.8. The molecule has 2 fully saturated rings. The number of rotatable bonds is 2. The lowest BCUT2D eigenvalue weighted by Crippen LogP contribution is -2.53. The highest BCUT2D eigenvalue weighted by molar-refractivity contribution is 7.80. The number of hydrogen-bond acceptors (Lipinski definition) is 4. The van der Waals surface area contributed by atoms with Gasteiger partial charge in [-0.05, 0) is 26.2 Å². The second kappa shape index (κ2) is 5.04. The van der Waals surface area contributed by atoms with Crippen molar-refractivity contribution in [3.8, 4) is 0 Å². The van der Waals surface area contributed by atoms with Crippen molar-refractivity contribution >= 4 is 12.6 Å². The molecule has 1 aliphatic carbocycles. The summed E-state index contributed by atoms with van der Waals surface area (Å²) in [6, 6.07) is 0.433. The molecule has 1 aliphatic heterocycles. The topological polar surface area (TPSA) is 26.7 Å². The average Bonchev–Trinajstić information content (AvgIpc) is 2.65. The van der Waals surface area contributed by atoms with Crippen molar-refractivity contribution in [3.63, 3.8) is 0 Å². The number of piperazine rings is 1. The van der Waals surface area contributed by atoms with Crippen molar-refractivity contribution in [1.29, 1.82) is 0 Å². The van der Waals surface area contributed by atoms with Gasteiger partial charge in [0, 0.05) is 37.6 Å². The molecular formula is C11H22N2OS. The Morgan fingerprint density at radius 3 is 2.33 bits per heavy atom. The molecule has 15 heavy (non-hydrogen) atoms. The average molecular weight is 230 g/mol. The Labute approximate surface area is 97.8 Å². The molecule has 0 radical (unpaired) electrons. The molecule has 2 aliphatic rings. The van der Waals surface area contributed by atoms with Crippen LogP contribution in [0.4, 0.5) is 0 Å². The van der Waals surface area contributed by atoms with Gasteiger partial charge in [-0.25, -0.2) is 0 Å². The van der Waals surface area contributed by atoms with Crippen LogP contribution in [0.5, 0.6) is 0 Å². The van der Waals surface area contributed by atoms with Crippen LogP contribution in [-0.2, 0) is 0 Å². The minimum absolute atomic E-state index is 0.0787. The van der Waals surface area contributed by atoms with E-state index in [1.54, 1.807) is 0 Å². The highest BCUT2D eigenvalue weighted by atomic mass is 32.1. The molecule has 0 aromatic heterocycles. The third-order valence-electron chi connectivity index (χ3n) is 3.79. The monoisotopic (exact) mass is 230 g/mol. The van der Waals surface area contributed by atoms with Gasteiger partial charge in [-0.3, -0.25) is 9.80 Å². The summed E-state index contributed by atoms with van der Waals surface area (Å²) >= 11 is 4.46. The minimum Gasteiger partial charge on any atom is -0.391 e. The molecule has 4 heteroatoms. The van der Waals surface area contributed by atoms with E-state index in [9.17, 15) is 5.11 Å². The molecule has 0 aromatic carbocycles. The van der Waals surface area contributed by atoms with E-state index in [1.165, 1.54) is 12.8 Å². The Hall–Kier alpha value is 0.230. The van der Waals surface area contributed by atoms with E-state index in [0.29, 0.717) is 11.4 Å². The van der Waals surface area contributed by atoms with E-state index in [-0.39, 0.29) is 6.10 Å². The number of aliphatic hydroxyl groups is 1. The molecule has 0 amide bonds. The fourth-order valence-corrected chi connectivity index (χ4v) is 3.02. The van der Waals surface area contributed by atoms with Crippen molar-refractivity contribution in [3.05, 3.63) is 0 Å². The van der Waals surface area contributed by atoms with Crippen LogP contribution in [0.25, 0.3) is 0 Å². The summed E-state index contributed by atoms with van der Waals surface area (Å²) in [6.45, 7) is 6.49. The van der Waals surface area contributed by atoms with Crippen LogP contribution in [-0.4, -0.2) is 58.6 Å². The first-order chi connectivity index (χ1) is 7.18. The van der Waals surface area contributed by atoms with Crippen LogP contribution in [0.15, 0.2) is 0 Å². The second-order valence-electron chi connectivity index (χ2n) is 4.77. The Balaban J connectivity index is 1.82. The lowest BCUT2D eigenvalue weighted by molar-refractivity contribution is 0.0343. The van der Waals surface area contributed by atoms with Crippen LogP contribution in [0.2, 0.25) is 0 Å². The lowest BCUT2D eigenvalue weighted by atomic mass is 10.1. The first-order valence-electron chi connectivity index (χ1n) is 6.02. The van der Waals surface area contributed by atoms with Crippen molar-refractivity contribution in [2.24, 2.45) is 0 Å². The minimum atomic E-state index is -0.0787. The molecule has 1 saturated carbocycles. The molecule has 0 aromatic rings. The Bertz CT molecular complexity index is 205. The highest BCUT2D eigenvalue weighted by Gasteiger charge is 2.32. The van der Waals surface area contributed by atoms with Crippen LogP contribution in [0, 0.1) is 0 Å². The van der Waals surface area contributed by atoms with Gasteiger partial charge in [0.05, 0.1) is 6.10 Å². The molecule has 2 rings (SSSR count). The van der Waals surface area contributed by atoms with Gasteiger partial charge in [0.25, 0.3) is 0 Å². The standard InChI is InChI=1S/C11H22N2OS/c1-9(15)12-5-7-13(8-6-12)10-3-2-4-11(10)14/h9-11,14-15H,2-8H2,1H3. The van der Waals surface area contributed by atoms with Crippen LogP contribution in [0.3, 0.4) is 0 Å². The maximum Gasteiger partial charge on any atom is 0.0695 e. The van der Waals surface area contributed by atoms with E-state index in [4.69, 9.17) is 0 Å². The Morgan fingerprint density at radius 1 is 1.20 bits per heavy atom. The van der Waals surface area contributed by atoms with Gasteiger partial charge in [-0.15, -0.1) is 0 Å². The fraction of sp³-hybridized carbons (Fsp3) is 1.00. The van der Waals surface area contributed by atoms with Crippen LogP contribution < -0.4 is 0 Å². The number of thiol groups is 1. The van der Waals surface area contributed by atoms with Gasteiger partial charge in [0.2, 0.25) is 0 Å².